The first-order chi connectivity index (χ1) is 10.7. The summed E-state index contributed by atoms with van der Waals surface area (Å²) in [5, 5.41) is 2.67. The maximum Gasteiger partial charge on any atom is 0.178 e. The maximum atomic E-state index is 11.3. The van der Waals surface area contributed by atoms with Gasteiger partial charge in [0.05, 0.1) is 7.11 Å². The van der Waals surface area contributed by atoms with E-state index in [0.717, 1.165) is 27.4 Å². The van der Waals surface area contributed by atoms with Crippen LogP contribution in [0.4, 0.5) is 0 Å². The van der Waals surface area contributed by atoms with Gasteiger partial charge in [0.2, 0.25) is 0 Å². The molecule has 22 heavy (non-hydrogen) atoms. The summed E-state index contributed by atoms with van der Waals surface area (Å²) in [6, 6.07) is 16.1. The summed E-state index contributed by atoms with van der Waals surface area (Å²) in [7, 11) is 1.66. The van der Waals surface area contributed by atoms with Crippen LogP contribution in [0.5, 0.6) is 5.75 Å². The molecule has 4 heteroatoms. The van der Waals surface area contributed by atoms with E-state index >= 15 is 0 Å². The average molecular weight is 309 g/mol. The molecule has 0 aliphatic carbocycles. The van der Waals surface area contributed by atoms with E-state index in [2.05, 4.69) is 17.1 Å². The number of ether oxygens (including phenoxy) is 1. The Morgan fingerprint density at radius 3 is 2.00 bits per heavy atom. The van der Waals surface area contributed by atoms with Crippen LogP contribution in [-0.4, -0.2) is 17.9 Å². The fraction of sp³-hybridized carbons (Fsp3) is 0.111. The molecule has 0 saturated carbocycles. The third kappa shape index (κ3) is 2.92. The highest BCUT2D eigenvalue weighted by atomic mass is 32.1. The number of ketones is 1. The number of hydrogen-bond acceptors (Lipinski definition) is 4. The number of aromatic nitrogens is 1. The van der Waals surface area contributed by atoms with E-state index < -0.39 is 0 Å². The van der Waals surface area contributed by atoms with Crippen LogP contribution in [0, 0.1) is 0 Å². The molecule has 1 aromatic heterocycles. The van der Waals surface area contributed by atoms with Gasteiger partial charge in [0, 0.05) is 17.9 Å². The van der Waals surface area contributed by atoms with Crippen LogP contribution in [0.3, 0.4) is 0 Å². The normalized spacial score (nSPS) is 10.5. The van der Waals surface area contributed by atoms with Gasteiger partial charge < -0.3 is 4.74 Å². The Kier molecular flexibility index (Phi) is 4.02. The van der Waals surface area contributed by atoms with Crippen LogP contribution in [0.25, 0.3) is 21.7 Å². The van der Waals surface area contributed by atoms with Crippen LogP contribution in [-0.2, 0) is 0 Å². The van der Waals surface area contributed by atoms with Crippen LogP contribution < -0.4 is 4.74 Å². The summed E-state index contributed by atoms with van der Waals surface area (Å²) in [4.78, 5) is 15.7. The molecular formula is C18H15NO2S. The summed E-state index contributed by atoms with van der Waals surface area (Å²) in [6.45, 7) is 1.53. The zero-order valence-corrected chi connectivity index (χ0v) is 13.2. The van der Waals surface area contributed by atoms with Crippen molar-refractivity contribution in [1.29, 1.82) is 0 Å². The molecule has 0 bridgehead atoms. The van der Waals surface area contributed by atoms with E-state index in [1.807, 2.05) is 36.4 Å². The predicted octanol–water partition coefficient (Wildman–Crippen LogP) is 4.69. The Morgan fingerprint density at radius 2 is 1.50 bits per heavy atom. The Labute approximate surface area is 133 Å². The Bertz CT molecular complexity index is 789. The van der Waals surface area contributed by atoms with Crippen molar-refractivity contribution in [3.63, 3.8) is 0 Å². The van der Waals surface area contributed by atoms with E-state index in [-0.39, 0.29) is 5.78 Å². The van der Waals surface area contributed by atoms with Gasteiger partial charge in [-0.05, 0) is 23.3 Å². The highest BCUT2D eigenvalue weighted by molar-refractivity contribution is 7.13. The van der Waals surface area contributed by atoms with Crippen LogP contribution in [0.15, 0.2) is 53.9 Å². The molecule has 0 saturated heterocycles. The second kappa shape index (κ2) is 6.12. The molecule has 0 atom stereocenters. The Balaban J connectivity index is 1.86. The molecule has 0 N–H and O–H groups in total. The standard InChI is InChI=1S/C18H15NO2S/c1-12(20)17-11-22-18(19-17)15-5-3-13(4-6-15)14-7-9-16(21-2)10-8-14/h3-11H,1-2H3. The van der Waals surface area contributed by atoms with Gasteiger partial charge >= 0.3 is 0 Å². The second-order valence-corrected chi connectivity index (χ2v) is 5.76. The lowest BCUT2D eigenvalue weighted by atomic mass is 10.0. The molecule has 0 fully saturated rings. The number of carbonyl (C=O) groups excluding carboxylic acids is 1. The summed E-state index contributed by atoms with van der Waals surface area (Å²) in [6.07, 6.45) is 0. The predicted molar refractivity (Wildman–Crippen MR) is 89.5 cm³/mol. The number of Topliss-reactive ketones (excluding diaryl/α,β-unsaturated/α-hetero) is 1. The summed E-state index contributed by atoms with van der Waals surface area (Å²) in [5.74, 6) is 0.845. The van der Waals surface area contributed by atoms with Gasteiger partial charge in [-0.3, -0.25) is 4.79 Å². The molecule has 3 rings (SSSR count). The van der Waals surface area contributed by atoms with Crippen molar-refractivity contribution in [3.8, 4) is 27.4 Å². The van der Waals surface area contributed by atoms with Crippen molar-refractivity contribution in [2.75, 3.05) is 7.11 Å². The van der Waals surface area contributed by atoms with Gasteiger partial charge in [-0.25, -0.2) is 4.98 Å². The van der Waals surface area contributed by atoms with E-state index in [4.69, 9.17) is 4.74 Å². The second-order valence-electron chi connectivity index (χ2n) is 4.90. The minimum absolute atomic E-state index is 0.00245. The first kappa shape index (κ1) is 14.5. The van der Waals surface area contributed by atoms with E-state index in [1.54, 1.807) is 12.5 Å². The zero-order chi connectivity index (χ0) is 15.5. The number of carbonyl (C=O) groups is 1. The van der Waals surface area contributed by atoms with E-state index in [0.29, 0.717) is 5.69 Å². The number of rotatable bonds is 4. The molecule has 0 aliphatic rings. The van der Waals surface area contributed by atoms with Crippen molar-refractivity contribution >= 4 is 17.1 Å². The van der Waals surface area contributed by atoms with Gasteiger partial charge in [-0.2, -0.15) is 0 Å². The number of nitrogens with zero attached hydrogens (tertiary/aromatic N) is 1. The molecule has 0 spiro atoms. The number of methoxy groups -OCH3 is 1. The highest BCUT2D eigenvalue weighted by Gasteiger charge is 2.08. The monoisotopic (exact) mass is 309 g/mol. The van der Waals surface area contributed by atoms with Gasteiger partial charge in [0.1, 0.15) is 16.5 Å². The van der Waals surface area contributed by atoms with Gasteiger partial charge in [0.15, 0.2) is 5.78 Å². The maximum absolute atomic E-state index is 11.3. The van der Waals surface area contributed by atoms with Gasteiger partial charge in [-0.1, -0.05) is 36.4 Å². The SMILES string of the molecule is COc1ccc(-c2ccc(-c3nc(C(C)=O)cs3)cc2)cc1. The van der Waals surface area contributed by atoms with Crippen LogP contribution in [0.2, 0.25) is 0 Å². The summed E-state index contributed by atoms with van der Waals surface area (Å²) >= 11 is 1.49. The molecule has 3 aromatic rings. The average Bonchev–Trinajstić information content (AvgIpc) is 3.05. The lowest BCUT2D eigenvalue weighted by Crippen LogP contribution is -1.91. The molecule has 0 radical (unpaired) electrons. The molecule has 0 unspecified atom stereocenters. The molecule has 2 aromatic carbocycles. The van der Waals surface area contributed by atoms with Gasteiger partial charge in [-0.15, -0.1) is 11.3 Å². The molecule has 110 valence electrons. The van der Waals surface area contributed by atoms with Crippen molar-refractivity contribution in [3.05, 3.63) is 59.6 Å². The largest absolute Gasteiger partial charge is 0.497 e. The van der Waals surface area contributed by atoms with Crippen molar-refractivity contribution < 1.29 is 9.53 Å². The summed E-state index contributed by atoms with van der Waals surface area (Å²) < 4.78 is 5.17. The topological polar surface area (TPSA) is 39.2 Å². The molecule has 3 nitrogen and oxygen atoms in total. The van der Waals surface area contributed by atoms with Crippen molar-refractivity contribution in [1.82, 2.24) is 4.98 Å². The lowest BCUT2D eigenvalue weighted by Gasteiger charge is -2.04. The molecule has 0 aliphatic heterocycles. The quantitative estimate of drug-likeness (QED) is 0.656. The van der Waals surface area contributed by atoms with E-state index in [9.17, 15) is 4.79 Å². The third-order valence-corrected chi connectivity index (χ3v) is 4.31. The fourth-order valence-corrected chi connectivity index (χ4v) is 3.02. The summed E-state index contributed by atoms with van der Waals surface area (Å²) in [5.41, 5.74) is 3.82. The molecule has 0 amide bonds. The van der Waals surface area contributed by atoms with E-state index in [1.165, 1.54) is 18.3 Å². The van der Waals surface area contributed by atoms with Gasteiger partial charge in [0.25, 0.3) is 0 Å². The molecule has 1 heterocycles. The Hall–Kier alpha value is -2.46. The van der Waals surface area contributed by atoms with Crippen LogP contribution >= 0.6 is 11.3 Å². The third-order valence-electron chi connectivity index (χ3n) is 3.42. The smallest absolute Gasteiger partial charge is 0.178 e. The fourth-order valence-electron chi connectivity index (χ4n) is 2.16. The first-order valence-electron chi connectivity index (χ1n) is 6.88. The number of benzene rings is 2. The minimum Gasteiger partial charge on any atom is -0.497 e. The number of thiazole rings is 1. The lowest BCUT2D eigenvalue weighted by molar-refractivity contribution is 0.101. The minimum atomic E-state index is -0.00245. The highest BCUT2D eigenvalue weighted by Crippen LogP contribution is 2.28. The first-order valence-corrected chi connectivity index (χ1v) is 7.76. The number of hydrogen-bond donors (Lipinski definition) is 0. The zero-order valence-electron chi connectivity index (χ0n) is 12.4. The Morgan fingerprint density at radius 1 is 0.955 bits per heavy atom. The molecular weight excluding hydrogens is 294 g/mol. The van der Waals surface area contributed by atoms with Crippen molar-refractivity contribution in [2.24, 2.45) is 0 Å². The van der Waals surface area contributed by atoms with Crippen molar-refractivity contribution in [2.45, 2.75) is 6.92 Å². The van der Waals surface area contributed by atoms with Crippen LogP contribution in [0.1, 0.15) is 17.4 Å².